The van der Waals surface area contributed by atoms with Crippen molar-refractivity contribution < 1.29 is 9.09 Å². The van der Waals surface area contributed by atoms with Gasteiger partial charge in [0.1, 0.15) is 0 Å². The molecule has 2 nitrogen and oxygen atoms in total. The number of benzene rings is 1. The first-order valence-corrected chi connectivity index (χ1v) is 6.57. The minimum absolute atomic E-state index is 0.0855. The normalized spacial score (nSPS) is 12.3. The van der Waals surface area contributed by atoms with E-state index in [1.54, 1.807) is 0 Å². The summed E-state index contributed by atoms with van der Waals surface area (Å²) in [5.41, 5.74) is 0.0855. The van der Waals surface area contributed by atoms with Crippen molar-refractivity contribution >= 4 is 8.03 Å². The fourth-order valence-corrected chi connectivity index (χ4v) is 2.44. The predicted molar refractivity (Wildman–Crippen MR) is 63.6 cm³/mol. The van der Waals surface area contributed by atoms with Gasteiger partial charge in [0.15, 0.2) is 11.9 Å². The molecule has 0 saturated carbocycles. The van der Waals surface area contributed by atoms with E-state index in [0.29, 0.717) is 11.9 Å². The fraction of sp³-hybridized carbons (Fsp3) is 0.500. The van der Waals surface area contributed by atoms with Crippen molar-refractivity contribution in [3.8, 4) is 5.75 Å². The Morgan fingerprint density at radius 2 is 1.87 bits per heavy atom. The number of hydrogen-bond donors (Lipinski definition) is 0. The first kappa shape index (κ1) is 12.2. The van der Waals surface area contributed by atoms with Gasteiger partial charge in [0.05, 0.1) is 0 Å². The lowest BCUT2D eigenvalue weighted by Crippen LogP contribution is -2.13. The van der Waals surface area contributed by atoms with E-state index in [0.717, 1.165) is 6.42 Å². The van der Waals surface area contributed by atoms with Gasteiger partial charge in [-0.25, -0.2) is 0 Å². The second kappa shape index (κ2) is 5.27. The average molecular weight is 225 g/mol. The Balaban J connectivity index is 2.51. The highest BCUT2D eigenvalue weighted by Crippen LogP contribution is 2.35. The van der Waals surface area contributed by atoms with E-state index in [-0.39, 0.29) is 5.41 Å². The largest absolute Gasteiger partial charge is 0.556 e. The molecule has 0 radical (unpaired) electrons. The van der Waals surface area contributed by atoms with E-state index >= 15 is 0 Å². The smallest absolute Gasteiger partial charge is 0.254 e. The summed E-state index contributed by atoms with van der Waals surface area (Å²) in [5, 5.41) is 0. The molecule has 15 heavy (non-hydrogen) atoms. The van der Waals surface area contributed by atoms with Crippen molar-refractivity contribution in [1.29, 1.82) is 0 Å². The van der Waals surface area contributed by atoms with Gasteiger partial charge >= 0.3 is 8.03 Å². The Morgan fingerprint density at radius 3 is 2.40 bits per heavy atom. The molecule has 0 spiro atoms. The molecule has 0 aliphatic rings. The topological polar surface area (TPSA) is 26.3 Å². The quantitative estimate of drug-likeness (QED) is 0.700. The van der Waals surface area contributed by atoms with Crippen molar-refractivity contribution in [2.75, 3.05) is 6.16 Å². The fourth-order valence-electron chi connectivity index (χ4n) is 1.09. The van der Waals surface area contributed by atoms with Gasteiger partial charge in [0.2, 0.25) is 0 Å². The van der Waals surface area contributed by atoms with Gasteiger partial charge in [-0.2, -0.15) is 0 Å². The molecule has 3 heteroatoms. The lowest BCUT2D eigenvalue weighted by Gasteiger charge is -2.14. The third-order valence-electron chi connectivity index (χ3n) is 2.46. The summed E-state index contributed by atoms with van der Waals surface area (Å²) in [4.78, 5) is 0. The van der Waals surface area contributed by atoms with Crippen LogP contribution in [-0.4, -0.2) is 6.16 Å². The van der Waals surface area contributed by atoms with E-state index in [4.69, 9.17) is 4.52 Å². The van der Waals surface area contributed by atoms with E-state index in [1.807, 2.05) is 30.3 Å². The Labute approximate surface area is 92.5 Å². The van der Waals surface area contributed by atoms with Crippen LogP contribution in [0.15, 0.2) is 30.3 Å². The third-order valence-corrected chi connectivity index (χ3v) is 3.99. The Kier molecular flexibility index (Phi) is 4.28. The van der Waals surface area contributed by atoms with E-state index in [9.17, 15) is 4.57 Å². The lowest BCUT2D eigenvalue weighted by molar-refractivity contribution is 0.385. The van der Waals surface area contributed by atoms with Crippen molar-refractivity contribution in [3.63, 3.8) is 0 Å². The maximum atomic E-state index is 11.7. The molecule has 1 aromatic rings. The molecule has 1 aromatic carbocycles. The van der Waals surface area contributed by atoms with Gasteiger partial charge in [-0.1, -0.05) is 39.0 Å². The van der Waals surface area contributed by atoms with Gasteiger partial charge in [0, 0.05) is 5.41 Å². The molecule has 0 fully saturated rings. The minimum Gasteiger partial charge on any atom is -0.254 e. The molecule has 0 saturated heterocycles. The Hall–Kier alpha value is -0.880. The summed E-state index contributed by atoms with van der Waals surface area (Å²) in [6.45, 7) is 6.31. The second-order valence-corrected chi connectivity index (χ2v) is 5.58. The number of rotatable bonds is 5. The zero-order valence-electron chi connectivity index (χ0n) is 9.56. The van der Waals surface area contributed by atoms with Crippen molar-refractivity contribution in [3.05, 3.63) is 30.3 Å². The van der Waals surface area contributed by atoms with Crippen LogP contribution in [0.25, 0.3) is 0 Å². The van der Waals surface area contributed by atoms with E-state index in [1.165, 1.54) is 0 Å². The highest BCUT2D eigenvalue weighted by Gasteiger charge is 2.30. The van der Waals surface area contributed by atoms with Crippen LogP contribution in [0.2, 0.25) is 0 Å². The standard InChI is InChI=1S/C12H18O2P/c1-4-12(2,3)10-15(13)14-11-8-6-5-7-9-11/h5-9H,4,10H2,1-3H3/q+1. The maximum Gasteiger partial charge on any atom is 0.556 e. The van der Waals surface area contributed by atoms with Gasteiger partial charge in [-0.05, 0) is 23.1 Å². The monoisotopic (exact) mass is 225 g/mol. The molecule has 0 bridgehead atoms. The predicted octanol–water partition coefficient (Wildman–Crippen LogP) is 4.24. The molecule has 82 valence electrons. The Bertz CT molecular complexity index is 320. The third kappa shape index (κ3) is 4.44. The molecule has 0 N–H and O–H groups in total. The van der Waals surface area contributed by atoms with Crippen molar-refractivity contribution in [1.82, 2.24) is 0 Å². The van der Waals surface area contributed by atoms with Crippen LogP contribution < -0.4 is 4.52 Å². The van der Waals surface area contributed by atoms with E-state index in [2.05, 4.69) is 20.8 Å². The Morgan fingerprint density at radius 1 is 1.27 bits per heavy atom. The molecule has 0 amide bonds. The average Bonchev–Trinajstić information content (AvgIpc) is 2.18. The zero-order chi connectivity index (χ0) is 11.3. The molecule has 0 heterocycles. The van der Waals surface area contributed by atoms with Crippen LogP contribution in [-0.2, 0) is 4.57 Å². The summed E-state index contributed by atoms with van der Waals surface area (Å²) in [5.74, 6) is 0.686. The number of hydrogen-bond acceptors (Lipinski definition) is 2. The first-order chi connectivity index (χ1) is 7.03. The van der Waals surface area contributed by atoms with Crippen molar-refractivity contribution in [2.24, 2.45) is 5.41 Å². The number of para-hydroxylation sites is 1. The summed E-state index contributed by atoms with van der Waals surface area (Å²) in [7, 11) is -1.60. The highest BCUT2D eigenvalue weighted by molar-refractivity contribution is 7.39. The molecule has 0 aliphatic carbocycles. The van der Waals surface area contributed by atoms with Gasteiger partial charge < -0.3 is 0 Å². The summed E-state index contributed by atoms with van der Waals surface area (Å²) in [6.07, 6.45) is 1.61. The lowest BCUT2D eigenvalue weighted by atomic mass is 9.93. The van der Waals surface area contributed by atoms with Crippen LogP contribution in [0.5, 0.6) is 5.75 Å². The van der Waals surface area contributed by atoms with Gasteiger partial charge in [-0.15, -0.1) is 0 Å². The molecule has 0 aromatic heterocycles. The van der Waals surface area contributed by atoms with Gasteiger partial charge in [-0.3, -0.25) is 4.52 Å². The molecule has 1 atom stereocenters. The summed E-state index contributed by atoms with van der Waals surface area (Å²) in [6, 6.07) is 9.32. The van der Waals surface area contributed by atoms with Crippen molar-refractivity contribution in [2.45, 2.75) is 27.2 Å². The second-order valence-electron chi connectivity index (χ2n) is 4.41. The minimum atomic E-state index is -1.60. The summed E-state index contributed by atoms with van der Waals surface area (Å²) >= 11 is 0. The first-order valence-electron chi connectivity index (χ1n) is 5.21. The maximum absolute atomic E-state index is 11.7. The van der Waals surface area contributed by atoms with E-state index < -0.39 is 8.03 Å². The van der Waals surface area contributed by atoms with Crippen LogP contribution in [0.3, 0.4) is 0 Å². The highest BCUT2D eigenvalue weighted by atomic mass is 31.1. The molecule has 1 rings (SSSR count). The van der Waals surface area contributed by atoms with Crippen LogP contribution >= 0.6 is 8.03 Å². The zero-order valence-corrected chi connectivity index (χ0v) is 10.5. The van der Waals surface area contributed by atoms with Gasteiger partial charge in [0.25, 0.3) is 0 Å². The molecule has 1 unspecified atom stereocenters. The van der Waals surface area contributed by atoms with Crippen LogP contribution in [0.1, 0.15) is 27.2 Å². The molecular weight excluding hydrogens is 207 g/mol. The molecular formula is C12H18O2P+. The van der Waals surface area contributed by atoms with Crippen LogP contribution in [0, 0.1) is 5.41 Å². The molecule has 0 aliphatic heterocycles. The van der Waals surface area contributed by atoms with Crippen LogP contribution in [0.4, 0.5) is 0 Å². The SMILES string of the molecule is CCC(C)(C)C[P+](=O)Oc1ccccc1. The summed E-state index contributed by atoms with van der Waals surface area (Å²) < 4.78 is 17.1.